The summed E-state index contributed by atoms with van der Waals surface area (Å²) < 4.78 is 12.2. The fourth-order valence-corrected chi connectivity index (χ4v) is 5.12. The van der Waals surface area contributed by atoms with E-state index in [1.807, 2.05) is 19.9 Å². The zero-order chi connectivity index (χ0) is 19.1. The number of esters is 2. The number of nitrogens with two attached hydrogens (primary N) is 1. The highest BCUT2D eigenvalue weighted by molar-refractivity contribution is 14.1. The highest BCUT2D eigenvalue weighted by Crippen LogP contribution is 2.36. The van der Waals surface area contributed by atoms with Crippen LogP contribution in [0.1, 0.15) is 43.7 Å². The molecule has 0 spiro atoms. The summed E-state index contributed by atoms with van der Waals surface area (Å²) in [7, 11) is 0. The standard InChI is InChI=1S/C18H23I2NO4/c1-5-12(15-13(19)8-11(4)17(21)16(15)20)9-14(22)24-6-7-25-18(23)10(2)3/h8,12H,2,5-7,9,21H2,1,3-4H3. The minimum absolute atomic E-state index is 0.0285. The molecule has 0 heterocycles. The first kappa shape index (κ1) is 22.2. The summed E-state index contributed by atoms with van der Waals surface area (Å²) in [5.74, 6) is -0.766. The summed E-state index contributed by atoms with van der Waals surface area (Å²) in [6.45, 7) is 9.14. The maximum absolute atomic E-state index is 12.1. The Labute approximate surface area is 176 Å². The Morgan fingerprint density at radius 1 is 1.28 bits per heavy atom. The minimum Gasteiger partial charge on any atom is -0.462 e. The van der Waals surface area contributed by atoms with Crippen LogP contribution in [0, 0.1) is 14.1 Å². The van der Waals surface area contributed by atoms with Gasteiger partial charge in [-0.05, 0) is 88.6 Å². The van der Waals surface area contributed by atoms with Gasteiger partial charge in [-0.25, -0.2) is 4.79 Å². The highest BCUT2D eigenvalue weighted by Gasteiger charge is 2.22. The number of anilines is 1. The number of benzene rings is 1. The molecule has 0 saturated carbocycles. The Kier molecular flexibility index (Phi) is 9.19. The molecule has 0 aliphatic heterocycles. The summed E-state index contributed by atoms with van der Waals surface area (Å²) >= 11 is 4.53. The topological polar surface area (TPSA) is 78.6 Å². The molecule has 2 N–H and O–H groups in total. The molecule has 1 unspecified atom stereocenters. The van der Waals surface area contributed by atoms with Gasteiger partial charge in [-0.15, -0.1) is 0 Å². The Morgan fingerprint density at radius 2 is 1.88 bits per heavy atom. The van der Waals surface area contributed by atoms with E-state index in [9.17, 15) is 9.59 Å². The van der Waals surface area contributed by atoms with E-state index < -0.39 is 5.97 Å². The molecular weight excluding hydrogens is 548 g/mol. The molecule has 25 heavy (non-hydrogen) atoms. The summed E-state index contributed by atoms with van der Waals surface area (Å²) in [6, 6.07) is 2.04. The SMILES string of the molecule is C=C(C)C(=O)OCCOC(=O)CC(CC)c1c(I)cc(C)c(N)c1I. The van der Waals surface area contributed by atoms with Crippen LogP contribution in [-0.2, 0) is 19.1 Å². The van der Waals surface area contributed by atoms with Gasteiger partial charge in [0.25, 0.3) is 0 Å². The van der Waals surface area contributed by atoms with Gasteiger partial charge in [0.05, 0.1) is 6.42 Å². The summed E-state index contributed by atoms with van der Waals surface area (Å²) in [5, 5.41) is 0. The molecule has 1 atom stereocenters. The Morgan fingerprint density at radius 3 is 2.44 bits per heavy atom. The molecule has 1 aromatic rings. The van der Waals surface area contributed by atoms with Crippen molar-refractivity contribution >= 4 is 62.8 Å². The van der Waals surface area contributed by atoms with Crippen molar-refractivity contribution in [1.29, 1.82) is 0 Å². The van der Waals surface area contributed by atoms with Gasteiger partial charge in [-0.1, -0.05) is 13.5 Å². The number of rotatable bonds is 8. The molecule has 0 bridgehead atoms. The Bertz CT molecular complexity index is 674. The molecule has 0 aromatic heterocycles. The van der Waals surface area contributed by atoms with Crippen LogP contribution in [0.5, 0.6) is 0 Å². The van der Waals surface area contributed by atoms with Gasteiger partial charge in [0.2, 0.25) is 0 Å². The van der Waals surface area contributed by atoms with Crippen molar-refractivity contribution in [2.24, 2.45) is 0 Å². The van der Waals surface area contributed by atoms with Crippen LogP contribution < -0.4 is 5.73 Å². The van der Waals surface area contributed by atoms with Crippen molar-refractivity contribution in [3.63, 3.8) is 0 Å². The van der Waals surface area contributed by atoms with Gasteiger partial charge < -0.3 is 15.2 Å². The molecule has 0 radical (unpaired) electrons. The van der Waals surface area contributed by atoms with Gasteiger partial charge in [-0.2, -0.15) is 0 Å². The number of ether oxygens (including phenoxy) is 2. The van der Waals surface area contributed by atoms with Crippen LogP contribution >= 0.6 is 45.2 Å². The van der Waals surface area contributed by atoms with Crippen molar-refractivity contribution in [3.8, 4) is 0 Å². The van der Waals surface area contributed by atoms with Crippen molar-refractivity contribution in [2.75, 3.05) is 18.9 Å². The predicted octanol–water partition coefficient (Wildman–Crippen LogP) is 4.33. The zero-order valence-electron chi connectivity index (χ0n) is 14.7. The van der Waals surface area contributed by atoms with Gasteiger partial charge in [0, 0.05) is 18.4 Å². The molecule has 1 aromatic carbocycles. The van der Waals surface area contributed by atoms with Crippen LogP contribution in [0.4, 0.5) is 5.69 Å². The first-order valence-electron chi connectivity index (χ1n) is 7.91. The maximum atomic E-state index is 12.1. The quantitative estimate of drug-likeness (QED) is 0.165. The van der Waals surface area contributed by atoms with Crippen LogP contribution in [0.2, 0.25) is 0 Å². The number of carbonyl (C=O) groups is 2. The van der Waals surface area contributed by atoms with Crippen molar-refractivity contribution in [1.82, 2.24) is 0 Å². The summed E-state index contributed by atoms with van der Waals surface area (Å²) in [4.78, 5) is 23.4. The fraction of sp³-hybridized carbons (Fsp3) is 0.444. The zero-order valence-corrected chi connectivity index (χ0v) is 19.0. The van der Waals surface area contributed by atoms with Gasteiger partial charge >= 0.3 is 11.9 Å². The van der Waals surface area contributed by atoms with E-state index in [0.29, 0.717) is 5.57 Å². The van der Waals surface area contributed by atoms with E-state index in [2.05, 4.69) is 51.8 Å². The van der Waals surface area contributed by atoms with E-state index in [0.717, 1.165) is 30.4 Å². The average molecular weight is 571 g/mol. The van der Waals surface area contributed by atoms with Crippen LogP contribution in [0.3, 0.4) is 0 Å². The lowest BCUT2D eigenvalue weighted by Gasteiger charge is -2.20. The van der Waals surface area contributed by atoms with Gasteiger partial charge in [0.15, 0.2) is 0 Å². The molecule has 7 heteroatoms. The molecule has 0 aliphatic carbocycles. The Hall–Kier alpha value is -0.840. The fourth-order valence-electron chi connectivity index (χ4n) is 2.27. The second-order valence-electron chi connectivity index (χ2n) is 5.76. The Balaban J connectivity index is 2.68. The minimum atomic E-state index is -0.485. The monoisotopic (exact) mass is 571 g/mol. The highest BCUT2D eigenvalue weighted by atomic mass is 127. The van der Waals surface area contributed by atoms with Crippen LogP contribution in [-0.4, -0.2) is 25.2 Å². The second kappa shape index (κ2) is 10.3. The normalized spacial score (nSPS) is 11.7. The third-order valence-corrected chi connectivity index (χ3v) is 5.80. The molecular formula is C18H23I2NO4. The summed E-state index contributed by atoms with van der Waals surface area (Å²) in [5.41, 5.74) is 9.35. The van der Waals surface area contributed by atoms with Crippen molar-refractivity contribution in [2.45, 2.75) is 39.5 Å². The van der Waals surface area contributed by atoms with E-state index in [1.54, 1.807) is 6.92 Å². The molecule has 1 rings (SSSR count). The molecule has 5 nitrogen and oxygen atoms in total. The third kappa shape index (κ3) is 6.43. The van der Waals surface area contributed by atoms with E-state index in [1.165, 1.54) is 0 Å². The van der Waals surface area contributed by atoms with Crippen molar-refractivity contribution < 1.29 is 19.1 Å². The molecule has 0 saturated heterocycles. The van der Waals surface area contributed by atoms with E-state index in [4.69, 9.17) is 15.2 Å². The van der Waals surface area contributed by atoms with E-state index >= 15 is 0 Å². The smallest absolute Gasteiger partial charge is 0.333 e. The lowest BCUT2D eigenvalue weighted by atomic mass is 9.92. The number of nitrogen functional groups attached to an aromatic ring is 1. The predicted molar refractivity (Wildman–Crippen MR) is 115 cm³/mol. The number of aryl methyl sites for hydroxylation is 1. The molecule has 0 aliphatic rings. The summed E-state index contributed by atoms with van der Waals surface area (Å²) in [6.07, 6.45) is 1.06. The number of hydrogen-bond acceptors (Lipinski definition) is 5. The largest absolute Gasteiger partial charge is 0.462 e. The molecule has 138 valence electrons. The molecule has 0 amide bonds. The van der Waals surface area contributed by atoms with Crippen LogP contribution in [0.25, 0.3) is 0 Å². The van der Waals surface area contributed by atoms with Crippen LogP contribution in [0.15, 0.2) is 18.2 Å². The van der Waals surface area contributed by atoms with Gasteiger partial charge in [-0.3, -0.25) is 4.79 Å². The number of halogens is 2. The lowest BCUT2D eigenvalue weighted by molar-refractivity contribution is -0.150. The van der Waals surface area contributed by atoms with E-state index in [-0.39, 0.29) is 31.5 Å². The first-order chi connectivity index (χ1) is 11.7. The maximum Gasteiger partial charge on any atom is 0.333 e. The lowest BCUT2D eigenvalue weighted by Crippen LogP contribution is -2.17. The number of hydrogen-bond donors (Lipinski definition) is 1. The third-order valence-electron chi connectivity index (χ3n) is 3.74. The second-order valence-corrected chi connectivity index (χ2v) is 8.00. The van der Waals surface area contributed by atoms with Gasteiger partial charge in [0.1, 0.15) is 13.2 Å². The average Bonchev–Trinajstić information content (AvgIpc) is 2.55. The molecule has 0 fully saturated rings. The van der Waals surface area contributed by atoms with Crippen molar-refractivity contribution in [3.05, 3.63) is 36.5 Å². The first-order valence-corrected chi connectivity index (χ1v) is 10.1. The number of carbonyl (C=O) groups excluding carboxylic acids is 2.